The summed E-state index contributed by atoms with van der Waals surface area (Å²) < 4.78 is 0. The Morgan fingerprint density at radius 1 is 1.23 bits per heavy atom. The van der Waals surface area contributed by atoms with Crippen molar-refractivity contribution in [2.24, 2.45) is 0 Å². The Hall–Kier alpha value is -1.09. The maximum atomic E-state index is 5.11. The zero-order valence-electron chi connectivity index (χ0n) is 8.16. The van der Waals surface area contributed by atoms with Crippen LogP contribution >= 0.6 is 12.2 Å². The van der Waals surface area contributed by atoms with E-state index in [1.54, 1.807) is 0 Å². The summed E-state index contributed by atoms with van der Waals surface area (Å²) in [6, 6.07) is 8.15. The Balaban J connectivity index is 2.65. The number of anilines is 1. The normalized spacial score (nSPS) is 9.46. The van der Waals surface area contributed by atoms with Crippen LogP contribution in [0.3, 0.4) is 0 Å². The quantitative estimate of drug-likeness (QED) is 0.690. The van der Waals surface area contributed by atoms with E-state index in [1.807, 2.05) is 31.1 Å². The molecule has 0 bridgehead atoms. The maximum absolute atomic E-state index is 5.11. The molecule has 2 nitrogen and oxygen atoms in total. The monoisotopic (exact) mass is 194 g/mol. The van der Waals surface area contributed by atoms with Gasteiger partial charge in [-0.25, -0.2) is 0 Å². The summed E-state index contributed by atoms with van der Waals surface area (Å²) in [6.07, 6.45) is 0. The molecule has 0 atom stereocenters. The lowest BCUT2D eigenvalue weighted by Crippen LogP contribution is -2.26. The number of nitrogens with one attached hydrogen (secondary N) is 1. The first-order chi connectivity index (χ1) is 6.09. The topological polar surface area (TPSA) is 15.3 Å². The highest BCUT2D eigenvalue weighted by Crippen LogP contribution is 2.08. The second kappa shape index (κ2) is 4.23. The van der Waals surface area contributed by atoms with Gasteiger partial charge in [0.1, 0.15) is 0 Å². The molecule has 13 heavy (non-hydrogen) atoms. The van der Waals surface area contributed by atoms with Crippen molar-refractivity contribution in [3.05, 3.63) is 29.8 Å². The van der Waals surface area contributed by atoms with Crippen LogP contribution < -0.4 is 5.32 Å². The van der Waals surface area contributed by atoms with E-state index in [0.29, 0.717) is 0 Å². The van der Waals surface area contributed by atoms with Crippen LogP contribution in [0, 0.1) is 6.92 Å². The summed E-state index contributed by atoms with van der Waals surface area (Å²) in [5.41, 5.74) is 2.28. The van der Waals surface area contributed by atoms with E-state index in [4.69, 9.17) is 12.2 Å². The van der Waals surface area contributed by atoms with E-state index in [-0.39, 0.29) is 0 Å². The smallest absolute Gasteiger partial charge is 0.172 e. The molecule has 0 saturated carbocycles. The minimum absolute atomic E-state index is 0.726. The van der Waals surface area contributed by atoms with E-state index in [1.165, 1.54) is 5.56 Å². The molecular formula is C10H14N2S. The number of benzene rings is 1. The third-order valence-electron chi connectivity index (χ3n) is 1.71. The fourth-order valence-electron chi connectivity index (χ4n) is 0.872. The molecule has 70 valence electrons. The van der Waals surface area contributed by atoms with Gasteiger partial charge in [0, 0.05) is 19.8 Å². The first-order valence-electron chi connectivity index (χ1n) is 4.14. The average Bonchev–Trinajstić information content (AvgIpc) is 2.08. The SMILES string of the molecule is Cc1ccc(NC(=S)N(C)C)cc1. The van der Waals surface area contributed by atoms with Gasteiger partial charge in [0.15, 0.2) is 5.11 Å². The van der Waals surface area contributed by atoms with E-state index in [2.05, 4.69) is 24.4 Å². The summed E-state index contributed by atoms with van der Waals surface area (Å²) in [4.78, 5) is 1.87. The van der Waals surface area contributed by atoms with Gasteiger partial charge in [0.05, 0.1) is 0 Å². The molecule has 1 aromatic carbocycles. The van der Waals surface area contributed by atoms with Crippen LogP contribution in [0.25, 0.3) is 0 Å². The van der Waals surface area contributed by atoms with Crippen LogP contribution in [0.1, 0.15) is 5.56 Å². The first-order valence-corrected chi connectivity index (χ1v) is 4.55. The number of rotatable bonds is 1. The molecule has 0 amide bonds. The van der Waals surface area contributed by atoms with Gasteiger partial charge in [-0.05, 0) is 31.3 Å². The van der Waals surface area contributed by atoms with Crippen molar-refractivity contribution < 1.29 is 0 Å². The van der Waals surface area contributed by atoms with Crippen molar-refractivity contribution in [2.45, 2.75) is 6.92 Å². The standard InChI is InChI=1S/C10H14N2S/c1-8-4-6-9(7-5-8)11-10(13)12(2)3/h4-7H,1-3H3,(H,11,13). The van der Waals surface area contributed by atoms with Gasteiger partial charge in [-0.15, -0.1) is 0 Å². The fourth-order valence-corrected chi connectivity index (χ4v) is 0.990. The Bertz CT molecular complexity index is 290. The zero-order chi connectivity index (χ0) is 9.84. The summed E-state index contributed by atoms with van der Waals surface area (Å²) in [6.45, 7) is 2.06. The van der Waals surface area contributed by atoms with Crippen LogP contribution in [0.2, 0.25) is 0 Å². The minimum Gasteiger partial charge on any atom is -0.355 e. The van der Waals surface area contributed by atoms with Crippen molar-refractivity contribution in [3.63, 3.8) is 0 Å². The molecule has 0 spiro atoms. The summed E-state index contributed by atoms with van der Waals surface area (Å²) >= 11 is 5.11. The van der Waals surface area contributed by atoms with E-state index in [9.17, 15) is 0 Å². The summed E-state index contributed by atoms with van der Waals surface area (Å²) in [5.74, 6) is 0. The molecule has 0 fully saturated rings. The van der Waals surface area contributed by atoms with Gasteiger partial charge in [-0.3, -0.25) is 0 Å². The van der Waals surface area contributed by atoms with Gasteiger partial charge in [0.2, 0.25) is 0 Å². The molecule has 1 N–H and O–H groups in total. The molecule has 0 aliphatic rings. The lowest BCUT2D eigenvalue weighted by Gasteiger charge is -2.15. The Morgan fingerprint density at radius 2 is 1.77 bits per heavy atom. The van der Waals surface area contributed by atoms with Crippen LogP contribution in [0.15, 0.2) is 24.3 Å². The molecule has 1 aromatic rings. The molecular weight excluding hydrogens is 180 g/mol. The fraction of sp³-hybridized carbons (Fsp3) is 0.300. The van der Waals surface area contributed by atoms with Crippen LogP contribution in [0.5, 0.6) is 0 Å². The molecule has 0 aromatic heterocycles. The highest BCUT2D eigenvalue weighted by molar-refractivity contribution is 7.80. The second-order valence-electron chi connectivity index (χ2n) is 3.19. The maximum Gasteiger partial charge on any atom is 0.172 e. The van der Waals surface area contributed by atoms with Gasteiger partial charge >= 0.3 is 0 Å². The van der Waals surface area contributed by atoms with Crippen molar-refractivity contribution >= 4 is 23.0 Å². The summed E-state index contributed by atoms with van der Waals surface area (Å²) in [5, 5.41) is 3.85. The zero-order valence-corrected chi connectivity index (χ0v) is 8.98. The Labute approximate surface area is 84.6 Å². The van der Waals surface area contributed by atoms with Gasteiger partial charge in [-0.1, -0.05) is 17.7 Å². The number of hydrogen-bond acceptors (Lipinski definition) is 1. The molecule has 0 radical (unpaired) electrons. The molecule has 0 aliphatic carbocycles. The van der Waals surface area contributed by atoms with E-state index >= 15 is 0 Å². The number of aryl methyl sites for hydroxylation is 1. The predicted octanol–water partition coefficient (Wildman–Crippen LogP) is 2.25. The van der Waals surface area contributed by atoms with Crippen LogP contribution in [-0.2, 0) is 0 Å². The van der Waals surface area contributed by atoms with Crippen LogP contribution in [0.4, 0.5) is 5.69 Å². The van der Waals surface area contributed by atoms with E-state index in [0.717, 1.165) is 10.8 Å². The second-order valence-corrected chi connectivity index (χ2v) is 3.58. The molecule has 1 rings (SSSR count). The van der Waals surface area contributed by atoms with Crippen molar-refractivity contribution in [1.29, 1.82) is 0 Å². The number of nitrogens with zero attached hydrogens (tertiary/aromatic N) is 1. The molecule has 0 aliphatic heterocycles. The number of hydrogen-bond donors (Lipinski definition) is 1. The van der Waals surface area contributed by atoms with Crippen molar-refractivity contribution in [2.75, 3.05) is 19.4 Å². The Kier molecular flexibility index (Phi) is 3.25. The third-order valence-corrected chi connectivity index (χ3v) is 2.18. The van der Waals surface area contributed by atoms with Crippen molar-refractivity contribution in [1.82, 2.24) is 4.90 Å². The highest BCUT2D eigenvalue weighted by atomic mass is 32.1. The number of thiocarbonyl (C=S) groups is 1. The lowest BCUT2D eigenvalue weighted by molar-refractivity contribution is 0.634. The molecule has 0 unspecified atom stereocenters. The first kappa shape index (κ1) is 9.99. The average molecular weight is 194 g/mol. The van der Waals surface area contributed by atoms with Gasteiger partial charge in [0.25, 0.3) is 0 Å². The molecule has 0 heterocycles. The highest BCUT2D eigenvalue weighted by Gasteiger charge is 1.97. The Morgan fingerprint density at radius 3 is 2.23 bits per heavy atom. The molecule has 0 saturated heterocycles. The third kappa shape index (κ3) is 3.03. The van der Waals surface area contributed by atoms with E-state index < -0.39 is 0 Å². The lowest BCUT2D eigenvalue weighted by atomic mass is 10.2. The predicted molar refractivity (Wildman–Crippen MR) is 61.1 cm³/mol. The van der Waals surface area contributed by atoms with Crippen LogP contribution in [-0.4, -0.2) is 24.1 Å². The summed E-state index contributed by atoms with van der Waals surface area (Å²) in [7, 11) is 3.84. The minimum atomic E-state index is 0.726. The van der Waals surface area contributed by atoms with Crippen molar-refractivity contribution in [3.8, 4) is 0 Å². The van der Waals surface area contributed by atoms with Gasteiger partial charge in [-0.2, -0.15) is 0 Å². The van der Waals surface area contributed by atoms with Gasteiger partial charge < -0.3 is 10.2 Å². The largest absolute Gasteiger partial charge is 0.355 e. The molecule has 3 heteroatoms.